The summed E-state index contributed by atoms with van der Waals surface area (Å²) >= 11 is 0. The van der Waals surface area contributed by atoms with Gasteiger partial charge in [0.15, 0.2) is 0 Å². The molecule has 2 aromatic carbocycles. The molecule has 4 rings (SSSR count). The van der Waals surface area contributed by atoms with Crippen molar-refractivity contribution >= 4 is 21.4 Å². The summed E-state index contributed by atoms with van der Waals surface area (Å²) in [6.07, 6.45) is 2.56. The minimum absolute atomic E-state index is 0.0654. The highest BCUT2D eigenvalue weighted by Crippen LogP contribution is 2.36. The fourth-order valence-corrected chi connectivity index (χ4v) is 6.20. The molecular formula is C21H25N3O4S. The number of piperidine rings is 1. The molecule has 154 valence electrons. The van der Waals surface area contributed by atoms with E-state index in [0.717, 1.165) is 19.3 Å². The van der Waals surface area contributed by atoms with Gasteiger partial charge in [0, 0.05) is 42.5 Å². The summed E-state index contributed by atoms with van der Waals surface area (Å²) in [6, 6.07) is 13.2. The minimum atomic E-state index is -3.66. The molecule has 1 saturated heterocycles. The van der Waals surface area contributed by atoms with Crippen molar-refractivity contribution in [1.82, 2.24) is 4.31 Å². The maximum atomic E-state index is 13.1. The van der Waals surface area contributed by atoms with Crippen molar-refractivity contribution < 1.29 is 13.3 Å². The average Bonchev–Trinajstić information content (AvgIpc) is 3.03. The number of hydrogen-bond donors (Lipinski definition) is 0. The Kier molecular flexibility index (Phi) is 5.08. The third kappa shape index (κ3) is 3.51. The molecule has 2 aliphatic rings. The average molecular weight is 416 g/mol. The third-order valence-electron chi connectivity index (χ3n) is 6.08. The summed E-state index contributed by atoms with van der Waals surface area (Å²) in [5, 5.41) is 11.0. The molecule has 1 fully saturated rings. The van der Waals surface area contributed by atoms with Gasteiger partial charge in [-0.05, 0) is 56.9 Å². The molecule has 0 aromatic heterocycles. The standard InChI is InChI=1S/C21H25N3O4S/c1-15-13-19(7-8-20(15)24(25)26)29(27,28)22-11-9-18(10-12-22)23-16(2)14-17-5-3-4-6-21(17)23/h3-8,13,16,18H,9-12,14H2,1-2H3. The molecule has 2 aliphatic heterocycles. The van der Waals surface area contributed by atoms with Crippen LogP contribution in [0.3, 0.4) is 0 Å². The second-order valence-corrected chi connectivity index (χ2v) is 9.87. The van der Waals surface area contributed by atoms with Gasteiger partial charge in [-0.1, -0.05) is 18.2 Å². The number of hydrogen-bond acceptors (Lipinski definition) is 5. The number of anilines is 1. The van der Waals surface area contributed by atoms with E-state index in [1.54, 1.807) is 6.92 Å². The van der Waals surface area contributed by atoms with Crippen molar-refractivity contribution in [2.45, 2.75) is 50.1 Å². The van der Waals surface area contributed by atoms with Crippen LogP contribution < -0.4 is 4.90 Å². The first-order valence-corrected chi connectivity index (χ1v) is 11.3. The lowest BCUT2D eigenvalue weighted by molar-refractivity contribution is -0.385. The quantitative estimate of drug-likeness (QED) is 0.564. The van der Waals surface area contributed by atoms with Gasteiger partial charge in [0.05, 0.1) is 9.82 Å². The van der Waals surface area contributed by atoms with Crippen molar-refractivity contribution in [1.29, 1.82) is 0 Å². The molecule has 0 amide bonds. The Morgan fingerprint density at radius 2 is 1.79 bits per heavy atom. The molecule has 7 nitrogen and oxygen atoms in total. The van der Waals surface area contributed by atoms with Crippen LogP contribution in [0.15, 0.2) is 47.4 Å². The van der Waals surface area contributed by atoms with E-state index in [2.05, 4.69) is 36.1 Å². The van der Waals surface area contributed by atoms with E-state index in [1.165, 1.54) is 33.8 Å². The SMILES string of the molecule is Cc1cc(S(=O)(=O)N2CCC(N3c4ccccc4CC3C)CC2)ccc1[N+](=O)[O-]. The molecule has 8 heteroatoms. The fourth-order valence-electron chi connectivity index (χ4n) is 4.65. The zero-order valence-corrected chi connectivity index (χ0v) is 17.4. The molecule has 29 heavy (non-hydrogen) atoms. The van der Waals surface area contributed by atoms with E-state index in [4.69, 9.17) is 0 Å². The normalized spacial score (nSPS) is 20.6. The van der Waals surface area contributed by atoms with Crippen molar-refractivity contribution in [3.8, 4) is 0 Å². The second-order valence-electron chi connectivity index (χ2n) is 7.93. The van der Waals surface area contributed by atoms with Crippen molar-refractivity contribution in [2.24, 2.45) is 0 Å². The van der Waals surface area contributed by atoms with Gasteiger partial charge in [0.1, 0.15) is 0 Å². The number of nitro groups is 1. The van der Waals surface area contributed by atoms with Gasteiger partial charge in [-0.25, -0.2) is 8.42 Å². The summed E-state index contributed by atoms with van der Waals surface area (Å²) in [7, 11) is -3.66. The first kappa shape index (κ1) is 19.8. The molecule has 0 radical (unpaired) electrons. The van der Waals surface area contributed by atoms with E-state index in [0.29, 0.717) is 30.7 Å². The lowest BCUT2D eigenvalue weighted by Gasteiger charge is -2.39. The Hall–Kier alpha value is -2.45. The number of nitro benzene ring substituents is 1. The van der Waals surface area contributed by atoms with Crippen LogP contribution in [0.4, 0.5) is 11.4 Å². The summed E-state index contributed by atoms with van der Waals surface area (Å²) in [5.41, 5.74) is 2.92. The van der Waals surface area contributed by atoms with Gasteiger partial charge in [0.2, 0.25) is 10.0 Å². The number of nitrogens with zero attached hydrogens (tertiary/aromatic N) is 3. The first-order valence-electron chi connectivity index (χ1n) is 9.90. The van der Waals surface area contributed by atoms with Crippen LogP contribution in [0.1, 0.15) is 30.9 Å². The summed E-state index contributed by atoms with van der Waals surface area (Å²) in [4.78, 5) is 13.1. The van der Waals surface area contributed by atoms with Gasteiger partial charge in [-0.3, -0.25) is 10.1 Å². The van der Waals surface area contributed by atoms with Crippen LogP contribution >= 0.6 is 0 Å². The van der Waals surface area contributed by atoms with E-state index in [-0.39, 0.29) is 10.6 Å². The molecule has 0 saturated carbocycles. The highest BCUT2D eigenvalue weighted by molar-refractivity contribution is 7.89. The largest absolute Gasteiger partial charge is 0.365 e. The number of sulfonamides is 1. The number of para-hydroxylation sites is 1. The molecule has 0 bridgehead atoms. The Balaban J connectivity index is 1.50. The van der Waals surface area contributed by atoms with Crippen LogP contribution in [-0.2, 0) is 16.4 Å². The maximum absolute atomic E-state index is 13.1. The van der Waals surface area contributed by atoms with Gasteiger partial charge >= 0.3 is 0 Å². The fraction of sp³-hybridized carbons (Fsp3) is 0.429. The molecule has 2 aromatic rings. The number of fused-ring (bicyclic) bond motifs is 1. The Bertz CT molecular complexity index is 1050. The van der Waals surface area contributed by atoms with Crippen LogP contribution in [0, 0.1) is 17.0 Å². The highest BCUT2D eigenvalue weighted by atomic mass is 32.2. The minimum Gasteiger partial charge on any atom is -0.365 e. The molecule has 0 aliphatic carbocycles. The van der Waals surface area contributed by atoms with Crippen molar-refractivity contribution in [3.63, 3.8) is 0 Å². The van der Waals surface area contributed by atoms with E-state index >= 15 is 0 Å². The zero-order chi connectivity index (χ0) is 20.8. The number of aryl methyl sites for hydroxylation is 1. The lowest BCUT2D eigenvalue weighted by atomic mass is 10.0. The van der Waals surface area contributed by atoms with Crippen molar-refractivity contribution in [3.05, 3.63) is 63.7 Å². The van der Waals surface area contributed by atoms with E-state index in [9.17, 15) is 18.5 Å². The van der Waals surface area contributed by atoms with Crippen LogP contribution in [0.2, 0.25) is 0 Å². The molecule has 0 N–H and O–H groups in total. The maximum Gasteiger partial charge on any atom is 0.272 e. The van der Waals surface area contributed by atoms with E-state index in [1.807, 2.05) is 0 Å². The third-order valence-corrected chi connectivity index (χ3v) is 7.97. The number of rotatable bonds is 4. The van der Waals surface area contributed by atoms with Crippen molar-refractivity contribution in [2.75, 3.05) is 18.0 Å². The Morgan fingerprint density at radius 3 is 2.45 bits per heavy atom. The van der Waals surface area contributed by atoms with Crippen LogP contribution in [0.25, 0.3) is 0 Å². The molecule has 1 atom stereocenters. The predicted octanol–water partition coefficient (Wildman–Crippen LogP) is 3.51. The zero-order valence-electron chi connectivity index (χ0n) is 16.6. The summed E-state index contributed by atoms with van der Waals surface area (Å²) in [6.45, 7) is 4.70. The molecule has 2 heterocycles. The van der Waals surface area contributed by atoms with Crippen LogP contribution in [-0.4, -0.2) is 42.8 Å². The monoisotopic (exact) mass is 415 g/mol. The smallest absolute Gasteiger partial charge is 0.272 e. The Labute approximate surface area is 171 Å². The second kappa shape index (κ2) is 7.42. The summed E-state index contributed by atoms with van der Waals surface area (Å²) in [5.74, 6) is 0. The van der Waals surface area contributed by atoms with E-state index < -0.39 is 14.9 Å². The predicted molar refractivity (Wildman–Crippen MR) is 112 cm³/mol. The van der Waals surface area contributed by atoms with Gasteiger partial charge in [0.25, 0.3) is 5.69 Å². The lowest BCUT2D eigenvalue weighted by Crippen LogP contribution is -2.48. The van der Waals surface area contributed by atoms with Gasteiger partial charge < -0.3 is 4.90 Å². The number of benzene rings is 2. The van der Waals surface area contributed by atoms with Crippen LogP contribution in [0.5, 0.6) is 0 Å². The molecular weight excluding hydrogens is 390 g/mol. The highest BCUT2D eigenvalue weighted by Gasteiger charge is 2.36. The summed E-state index contributed by atoms with van der Waals surface area (Å²) < 4.78 is 27.6. The van der Waals surface area contributed by atoms with Gasteiger partial charge in [-0.2, -0.15) is 4.31 Å². The van der Waals surface area contributed by atoms with Gasteiger partial charge in [-0.15, -0.1) is 0 Å². The molecule has 1 unspecified atom stereocenters. The Morgan fingerprint density at radius 1 is 1.10 bits per heavy atom. The molecule has 0 spiro atoms. The topological polar surface area (TPSA) is 83.8 Å². The first-order chi connectivity index (χ1) is 13.8.